The van der Waals surface area contributed by atoms with Crippen molar-refractivity contribution >= 4 is 18.1 Å². The highest BCUT2D eigenvalue weighted by Gasteiger charge is 2.48. The first kappa shape index (κ1) is 16.6. The topological polar surface area (TPSA) is 27.7 Å². The third kappa shape index (κ3) is 3.16. The van der Waals surface area contributed by atoms with Crippen molar-refractivity contribution in [3.63, 3.8) is 0 Å². The zero-order valence-electron chi connectivity index (χ0n) is 12.5. The van der Waals surface area contributed by atoms with Gasteiger partial charge in [0.05, 0.1) is 0 Å². The molecule has 2 unspecified atom stereocenters. The van der Waals surface area contributed by atoms with Gasteiger partial charge in [0.25, 0.3) is 0 Å². The van der Waals surface area contributed by atoms with E-state index in [4.69, 9.17) is 25.8 Å². The van der Waals surface area contributed by atoms with Gasteiger partial charge in [-0.15, -0.1) is 0 Å². The summed E-state index contributed by atoms with van der Waals surface area (Å²) >= 11 is 5.83. The highest BCUT2D eigenvalue weighted by molar-refractivity contribution is 8.12. The summed E-state index contributed by atoms with van der Waals surface area (Å²) < 4.78 is 17.9. The molecule has 1 rings (SSSR count). The Balaban J connectivity index is 3.10. The standard InChI is InChI=1S/C13H27O3PS/c1-8(2)11-15-12(9(3)4)17(18,14-7)13(16-11)10(5)6/h8-13H,1-7H3. The van der Waals surface area contributed by atoms with Gasteiger partial charge >= 0.3 is 0 Å². The van der Waals surface area contributed by atoms with E-state index in [1.165, 1.54) is 0 Å². The Morgan fingerprint density at radius 2 is 1.28 bits per heavy atom. The fourth-order valence-electron chi connectivity index (χ4n) is 2.29. The first-order valence-electron chi connectivity index (χ1n) is 6.70. The van der Waals surface area contributed by atoms with Crippen molar-refractivity contribution in [3.05, 3.63) is 0 Å². The molecule has 0 aromatic rings. The lowest BCUT2D eigenvalue weighted by Gasteiger charge is -2.47. The van der Waals surface area contributed by atoms with Crippen molar-refractivity contribution in [3.8, 4) is 0 Å². The zero-order chi connectivity index (χ0) is 14.1. The quantitative estimate of drug-likeness (QED) is 0.732. The molecule has 18 heavy (non-hydrogen) atoms. The minimum absolute atomic E-state index is 0.00829. The summed E-state index contributed by atoms with van der Waals surface area (Å²) in [6.07, 6.45) is -2.29. The maximum Gasteiger partial charge on any atom is 0.161 e. The van der Waals surface area contributed by atoms with E-state index in [2.05, 4.69) is 41.5 Å². The predicted octanol–water partition coefficient (Wildman–Crippen LogP) is 4.02. The van der Waals surface area contributed by atoms with E-state index >= 15 is 0 Å². The third-order valence-corrected chi connectivity index (χ3v) is 8.35. The van der Waals surface area contributed by atoms with Gasteiger partial charge in [-0.2, -0.15) is 0 Å². The highest BCUT2D eigenvalue weighted by Crippen LogP contribution is 2.64. The molecule has 1 aliphatic heterocycles. The first-order valence-corrected chi connectivity index (χ1v) is 9.56. The molecule has 0 saturated carbocycles. The van der Waals surface area contributed by atoms with Crippen LogP contribution >= 0.6 is 6.26 Å². The average molecular weight is 294 g/mol. The Morgan fingerprint density at radius 1 is 0.889 bits per heavy atom. The van der Waals surface area contributed by atoms with Crippen LogP contribution in [0, 0.1) is 17.8 Å². The Hall–Kier alpha value is 0.530. The van der Waals surface area contributed by atoms with Crippen LogP contribution < -0.4 is 0 Å². The fraction of sp³-hybridized carbons (Fsp3) is 1.00. The molecular weight excluding hydrogens is 267 g/mol. The van der Waals surface area contributed by atoms with Crippen molar-refractivity contribution in [2.75, 3.05) is 7.11 Å². The van der Waals surface area contributed by atoms with Gasteiger partial charge < -0.3 is 14.0 Å². The van der Waals surface area contributed by atoms with Crippen LogP contribution in [0.5, 0.6) is 0 Å². The molecule has 108 valence electrons. The van der Waals surface area contributed by atoms with Crippen molar-refractivity contribution in [1.82, 2.24) is 0 Å². The first-order chi connectivity index (χ1) is 8.24. The second-order valence-electron chi connectivity index (χ2n) is 5.98. The van der Waals surface area contributed by atoms with E-state index in [0.717, 1.165) is 0 Å². The summed E-state index contributed by atoms with van der Waals surface area (Å²) in [4.78, 5) is 0. The highest BCUT2D eigenvalue weighted by atomic mass is 32.4. The largest absolute Gasteiger partial charge is 0.349 e. The minimum Gasteiger partial charge on any atom is -0.349 e. The van der Waals surface area contributed by atoms with Gasteiger partial charge in [0, 0.05) is 13.0 Å². The van der Waals surface area contributed by atoms with Crippen LogP contribution in [0.4, 0.5) is 0 Å². The number of ether oxygens (including phenoxy) is 2. The lowest BCUT2D eigenvalue weighted by Crippen LogP contribution is -2.44. The van der Waals surface area contributed by atoms with E-state index < -0.39 is 6.26 Å². The van der Waals surface area contributed by atoms with Gasteiger partial charge in [-0.05, 0) is 11.8 Å². The summed E-state index contributed by atoms with van der Waals surface area (Å²) in [5.41, 5.74) is 0. The molecule has 0 bridgehead atoms. The second-order valence-corrected chi connectivity index (χ2v) is 10.4. The smallest absolute Gasteiger partial charge is 0.161 e. The van der Waals surface area contributed by atoms with Crippen molar-refractivity contribution < 1.29 is 14.0 Å². The maximum atomic E-state index is 6.09. The summed E-state index contributed by atoms with van der Waals surface area (Å²) in [6.45, 7) is 12.8. The zero-order valence-corrected chi connectivity index (χ0v) is 14.3. The van der Waals surface area contributed by atoms with Gasteiger partial charge in [-0.3, -0.25) is 0 Å². The van der Waals surface area contributed by atoms with Crippen LogP contribution in [0.25, 0.3) is 0 Å². The molecule has 2 atom stereocenters. The molecule has 1 fully saturated rings. The number of hydrogen-bond acceptors (Lipinski definition) is 4. The fourth-order valence-corrected chi connectivity index (χ4v) is 6.99. The van der Waals surface area contributed by atoms with Crippen molar-refractivity contribution in [2.45, 2.75) is 59.5 Å². The van der Waals surface area contributed by atoms with Crippen molar-refractivity contribution in [1.29, 1.82) is 0 Å². The monoisotopic (exact) mass is 294 g/mol. The predicted molar refractivity (Wildman–Crippen MR) is 79.3 cm³/mol. The van der Waals surface area contributed by atoms with Gasteiger partial charge in [0.2, 0.25) is 0 Å². The van der Waals surface area contributed by atoms with Gasteiger partial charge in [-0.25, -0.2) is 0 Å². The number of hydrogen-bond donors (Lipinski definition) is 0. The molecule has 0 spiro atoms. The van der Waals surface area contributed by atoms with Crippen LogP contribution in [0.3, 0.4) is 0 Å². The van der Waals surface area contributed by atoms with E-state index in [0.29, 0.717) is 17.8 Å². The van der Waals surface area contributed by atoms with E-state index in [1.54, 1.807) is 7.11 Å². The molecular formula is C13H27O3PS. The molecule has 1 heterocycles. The molecule has 5 heteroatoms. The van der Waals surface area contributed by atoms with E-state index in [-0.39, 0.29) is 18.0 Å². The van der Waals surface area contributed by atoms with Crippen LogP contribution in [0.1, 0.15) is 41.5 Å². The SMILES string of the molecule is COP1(=S)C(C(C)C)OC(C(C)C)OC1C(C)C. The summed E-state index contributed by atoms with van der Waals surface area (Å²) in [5, 5.41) is 0. The number of rotatable bonds is 4. The minimum atomic E-state index is -2.12. The summed E-state index contributed by atoms with van der Waals surface area (Å²) in [5.74, 6) is 1.01. The van der Waals surface area contributed by atoms with E-state index in [1.807, 2.05) is 0 Å². The molecule has 0 aromatic carbocycles. The molecule has 1 saturated heterocycles. The van der Waals surface area contributed by atoms with Crippen LogP contribution in [-0.2, 0) is 25.8 Å². The molecule has 0 amide bonds. The average Bonchev–Trinajstić information content (AvgIpc) is 2.27. The normalized spacial score (nSPS) is 37.8. The molecule has 1 aliphatic rings. The molecule has 3 nitrogen and oxygen atoms in total. The Morgan fingerprint density at radius 3 is 1.50 bits per heavy atom. The molecule has 0 N–H and O–H groups in total. The molecule has 0 aromatic heterocycles. The summed E-state index contributed by atoms with van der Waals surface area (Å²) in [7, 11) is 1.70. The molecule has 0 aliphatic carbocycles. The van der Waals surface area contributed by atoms with Crippen LogP contribution in [0.2, 0.25) is 0 Å². The lowest BCUT2D eigenvalue weighted by molar-refractivity contribution is -0.216. The molecule has 0 radical (unpaired) electrons. The van der Waals surface area contributed by atoms with Crippen molar-refractivity contribution in [2.24, 2.45) is 17.8 Å². The maximum absolute atomic E-state index is 6.09. The second kappa shape index (κ2) is 6.32. The van der Waals surface area contributed by atoms with Gasteiger partial charge in [0.15, 0.2) is 6.29 Å². The Bertz CT molecular complexity index is 295. The van der Waals surface area contributed by atoms with Crippen LogP contribution in [-0.4, -0.2) is 25.1 Å². The van der Waals surface area contributed by atoms with Gasteiger partial charge in [-0.1, -0.05) is 53.3 Å². The van der Waals surface area contributed by atoms with E-state index in [9.17, 15) is 0 Å². The third-order valence-electron chi connectivity index (χ3n) is 3.23. The van der Waals surface area contributed by atoms with Gasteiger partial charge in [0.1, 0.15) is 18.0 Å². The Kier molecular flexibility index (Phi) is 5.82. The lowest BCUT2D eigenvalue weighted by atomic mass is 10.2. The Labute approximate surface area is 117 Å². The summed E-state index contributed by atoms with van der Waals surface area (Å²) in [6, 6.07) is 0. The van der Waals surface area contributed by atoms with Crippen LogP contribution in [0.15, 0.2) is 0 Å².